The highest BCUT2D eigenvalue weighted by atomic mass is 35.5. The van der Waals surface area contributed by atoms with Crippen LogP contribution in [0.2, 0.25) is 10.3 Å². The maximum absolute atomic E-state index is 6.04. The van der Waals surface area contributed by atoms with Gasteiger partial charge in [-0.05, 0) is 12.7 Å². The molecule has 14 heavy (non-hydrogen) atoms. The molecule has 0 radical (unpaired) electrons. The molecular formula is C9H14Cl2N2S. The van der Waals surface area contributed by atoms with Crippen LogP contribution in [0.4, 0.5) is 0 Å². The number of nitrogens with zero attached hydrogens (tertiary/aromatic N) is 2. The summed E-state index contributed by atoms with van der Waals surface area (Å²) in [5.74, 6) is 1.83. The van der Waals surface area contributed by atoms with Crippen molar-refractivity contribution in [2.75, 3.05) is 6.26 Å². The van der Waals surface area contributed by atoms with Gasteiger partial charge in [0, 0.05) is 6.54 Å². The van der Waals surface area contributed by atoms with E-state index in [0.717, 1.165) is 31.0 Å². The number of hydrogen-bond acceptors (Lipinski definition) is 2. The predicted octanol–water partition coefficient (Wildman–Crippen LogP) is 3.85. The second-order valence-electron chi connectivity index (χ2n) is 3.05. The van der Waals surface area contributed by atoms with Crippen LogP contribution in [0.25, 0.3) is 0 Å². The van der Waals surface area contributed by atoms with Crippen LogP contribution in [0.1, 0.15) is 25.6 Å². The van der Waals surface area contributed by atoms with E-state index < -0.39 is 0 Å². The summed E-state index contributed by atoms with van der Waals surface area (Å²) in [6, 6.07) is 0. The molecule has 0 aromatic carbocycles. The van der Waals surface area contributed by atoms with Crippen molar-refractivity contribution in [1.29, 1.82) is 0 Å². The van der Waals surface area contributed by atoms with Crippen molar-refractivity contribution in [3.63, 3.8) is 0 Å². The van der Waals surface area contributed by atoms with Crippen LogP contribution in [-0.2, 0) is 12.3 Å². The molecule has 0 unspecified atom stereocenters. The Morgan fingerprint density at radius 2 is 2.14 bits per heavy atom. The molecule has 0 spiro atoms. The Balaban J connectivity index is 2.85. The molecule has 0 bridgehead atoms. The van der Waals surface area contributed by atoms with Gasteiger partial charge in [-0.2, -0.15) is 11.8 Å². The fourth-order valence-corrected chi connectivity index (χ4v) is 2.13. The molecule has 0 amide bonds. The zero-order valence-electron chi connectivity index (χ0n) is 8.39. The normalized spacial score (nSPS) is 10.9. The van der Waals surface area contributed by atoms with Gasteiger partial charge in [-0.15, -0.1) is 0 Å². The molecule has 1 rings (SSSR count). The molecule has 0 aliphatic heterocycles. The van der Waals surface area contributed by atoms with Crippen LogP contribution in [0.15, 0.2) is 0 Å². The van der Waals surface area contributed by atoms with Crippen molar-refractivity contribution in [2.24, 2.45) is 0 Å². The van der Waals surface area contributed by atoms with E-state index in [4.69, 9.17) is 23.2 Å². The summed E-state index contributed by atoms with van der Waals surface area (Å²) in [6.07, 6.45) is 4.29. The van der Waals surface area contributed by atoms with Gasteiger partial charge in [0.2, 0.25) is 0 Å². The second kappa shape index (κ2) is 5.89. The molecule has 0 fully saturated rings. The molecule has 5 heteroatoms. The van der Waals surface area contributed by atoms with Crippen LogP contribution < -0.4 is 0 Å². The van der Waals surface area contributed by atoms with E-state index in [1.165, 1.54) is 0 Å². The fourth-order valence-electron chi connectivity index (χ4n) is 1.23. The quantitative estimate of drug-likeness (QED) is 0.793. The van der Waals surface area contributed by atoms with Crippen LogP contribution in [0, 0.1) is 0 Å². The summed E-state index contributed by atoms with van der Waals surface area (Å²) in [5.41, 5.74) is 0. The predicted molar refractivity (Wildman–Crippen MR) is 64.4 cm³/mol. The van der Waals surface area contributed by atoms with Crippen molar-refractivity contribution in [3.05, 3.63) is 16.1 Å². The van der Waals surface area contributed by atoms with Crippen LogP contribution in [0.3, 0.4) is 0 Å². The van der Waals surface area contributed by atoms with Gasteiger partial charge in [-0.25, -0.2) is 4.98 Å². The summed E-state index contributed by atoms with van der Waals surface area (Å²) in [7, 11) is 0. The van der Waals surface area contributed by atoms with E-state index in [1.54, 1.807) is 11.8 Å². The molecule has 0 aliphatic rings. The van der Waals surface area contributed by atoms with Gasteiger partial charge < -0.3 is 4.57 Å². The molecule has 1 aromatic heterocycles. The van der Waals surface area contributed by atoms with E-state index in [9.17, 15) is 0 Å². The maximum Gasteiger partial charge on any atom is 0.166 e. The minimum Gasteiger partial charge on any atom is -0.317 e. The van der Waals surface area contributed by atoms with E-state index >= 15 is 0 Å². The zero-order valence-corrected chi connectivity index (χ0v) is 10.7. The summed E-state index contributed by atoms with van der Waals surface area (Å²) in [6.45, 7) is 3.06. The van der Waals surface area contributed by atoms with E-state index in [1.807, 2.05) is 10.8 Å². The minimum absolute atomic E-state index is 0.423. The second-order valence-corrected chi connectivity index (χ2v) is 4.63. The lowest BCUT2D eigenvalue weighted by Crippen LogP contribution is -2.02. The first kappa shape index (κ1) is 12.2. The molecule has 0 aliphatic carbocycles. The number of thioether (sulfide) groups is 1. The van der Waals surface area contributed by atoms with Crippen LogP contribution in [-0.4, -0.2) is 15.8 Å². The van der Waals surface area contributed by atoms with Crippen LogP contribution in [0.5, 0.6) is 0 Å². The lowest BCUT2D eigenvalue weighted by molar-refractivity contribution is 0.615. The van der Waals surface area contributed by atoms with Crippen molar-refractivity contribution in [2.45, 2.75) is 32.1 Å². The molecular weight excluding hydrogens is 239 g/mol. The average Bonchev–Trinajstić information content (AvgIpc) is 2.42. The molecule has 0 saturated heterocycles. The average molecular weight is 253 g/mol. The smallest absolute Gasteiger partial charge is 0.166 e. The monoisotopic (exact) mass is 252 g/mol. The number of rotatable bonds is 5. The highest BCUT2D eigenvalue weighted by Gasteiger charge is 2.12. The van der Waals surface area contributed by atoms with Gasteiger partial charge in [0.25, 0.3) is 0 Å². The van der Waals surface area contributed by atoms with Crippen molar-refractivity contribution >= 4 is 35.0 Å². The molecule has 1 heterocycles. The highest BCUT2D eigenvalue weighted by molar-refractivity contribution is 7.97. The summed E-state index contributed by atoms with van der Waals surface area (Å²) >= 11 is 13.6. The first-order chi connectivity index (χ1) is 6.70. The Bertz CT molecular complexity index is 299. The Labute approximate surface area is 99.0 Å². The zero-order chi connectivity index (χ0) is 10.6. The maximum atomic E-state index is 6.04. The van der Waals surface area contributed by atoms with Gasteiger partial charge in [0.05, 0.1) is 5.75 Å². The fraction of sp³-hybridized carbons (Fsp3) is 0.667. The largest absolute Gasteiger partial charge is 0.317 e. The standard InChI is InChI=1S/C9H14Cl2N2S/c1-3-4-5-13-7(6-14-2)12-8(10)9(13)11/h3-6H2,1-2H3. The third-order valence-electron chi connectivity index (χ3n) is 1.95. The third-order valence-corrected chi connectivity index (χ3v) is 3.24. The lowest BCUT2D eigenvalue weighted by atomic mass is 10.3. The number of imidazole rings is 1. The molecule has 0 atom stereocenters. The summed E-state index contributed by atoms with van der Waals surface area (Å²) in [5, 5.41) is 0.996. The van der Waals surface area contributed by atoms with Crippen molar-refractivity contribution < 1.29 is 0 Å². The Morgan fingerprint density at radius 3 is 2.71 bits per heavy atom. The van der Waals surface area contributed by atoms with Gasteiger partial charge >= 0.3 is 0 Å². The number of unbranched alkanes of at least 4 members (excludes halogenated alkanes) is 1. The first-order valence-electron chi connectivity index (χ1n) is 4.60. The number of aromatic nitrogens is 2. The van der Waals surface area contributed by atoms with E-state index in [2.05, 4.69) is 11.9 Å². The molecule has 0 saturated carbocycles. The topological polar surface area (TPSA) is 17.8 Å². The van der Waals surface area contributed by atoms with Gasteiger partial charge in [0.15, 0.2) is 5.15 Å². The minimum atomic E-state index is 0.423. The van der Waals surface area contributed by atoms with E-state index in [-0.39, 0.29) is 0 Å². The van der Waals surface area contributed by atoms with Gasteiger partial charge in [0.1, 0.15) is 11.0 Å². The first-order valence-corrected chi connectivity index (χ1v) is 6.75. The Morgan fingerprint density at radius 1 is 1.43 bits per heavy atom. The van der Waals surface area contributed by atoms with Crippen molar-refractivity contribution in [3.8, 4) is 0 Å². The summed E-state index contributed by atoms with van der Waals surface area (Å²) in [4.78, 5) is 4.23. The summed E-state index contributed by atoms with van der Waals surface area (Å²) < 4.78 is 2.00. The lowest BCUT2D eigenvalue weighted by Gasteiger charge is -2.06. The molecule has 80 valence electrons. The third kappa shape index (κ3) is 2.81. The van der Waals surface area contributed by atoms with Gasteiger partial charge in [-0.3, -0.25) is 0 Å². The van der Waals surface area contributed by atoms with E-state index in [0.29, 0.717) is 10.3 Å². The number of halogens is 2. The SMILES string of the molecule is CCCCn1c(CSC)nc(Cl)c1Cl. The van der Waals surface area contributed by atoms with Crippen molar-refractivity contribution in [1.82, 2.24) is 9.55 Å². The molecule has 1 aromatic rings. The molecule has 2 nitrogen and oxygen atoms in total. The van der Waals surface area contributed by atoms with Crippen LogP contribution >= 0.6 is 35.0 Å². The Hall–Kier alpha value is 0.140. The highest BCUT2D eigenvalue weighted by Crippen LogP contribution is 2.25. The molecule has 0 N–H and O–H groups in total. The number of hydrogen-bond donors (Lipinski definition) is 0. The van der Waals surface area contributed by atoms with Gasteiger partial charge in [-0.1, -0.05) is 36.5 Å². The Kier molecular flexibility index (Phi) is 5.13.